The van der Waals surface area contributed by atoms with Crippen LogP contribution in [0.2, 0.25) is 0 Å². The Morgan fingerprint density at radius 1 is 1.35 bits per heavy atom. The molecule has 0 bridgehead atoms. The number of aryl methyl sites for hydroxylation is 1. The summed E-state index contributed by atoms with van der Waals surface area (Å²) in [5.74, 6) is 0.749. The Morgan fingerprint density at radius 3 is 2.75 bits per heavy atom. The summed E-state index contributed by atoms with van der Waals surface area (Å²) in [7, 11) is 0. The highest BCUT2D eigenvalue weighted by molar-refractivity contribution is 5.15. The fourth-order valence-electron chi connectivity index (χ4n) is 3.75. The number of rotatable bonds is 6. The summed E-state index contributed by atoms with van der Waals surface area (Å²) < 4.78 is 0. The molecule has 2 rings (SSSR count). The topological polar surface area (TPSA) is 46.2 Å². The van der Waals surface area contributed by atoms with Gasteiger partial charge in [-0.2, -0.15) is 0 Å². The minimum absolute atomic E-state index is 0.0340. The average Bonchev–Trinajstić information content (AvgIpc) is 2.53. The molecule has 0 saturated heterocycles. The molecule has 20 heavy (non-hydrogen) atoms. The minimum Gasteiger partial charge on any atom is -0.392 e. The molecular formula is C18H29NO. The Hall–Kier alpha value is -0.860. The third kappa shape index (κ3) is 3.62. The van der Waals surface area contributed by atoms with Crippen molar-refractivity contribution >= 4 is 0 Å². The first kappa shape index (κ1) is 15.5. The van der Waals surface area contributed by atoms with Gasteiger partial charge in [0.25, 0.3) is 0 Å². The van der Waals surface area contributed by atoms with Crippen LogP contribution in [0, 0.1) is 11.3 Å². The van der Waals surface area contributed by atoms with Crippen LogP contribution in [0.3, 0.4) is 0 Å². The van der Waals surface area contributed by atoms with Crippen LogP contribution >= 0.6 is 0 Å². The van der Waals surface area contributed by atoms with E-state index >= 15 is 0 Å². The number of nitrogens with two attached hydrogens (primary N) is 1. The molecule has 0 heterocycles. The molecule has 0 spiro atoms. The zero-order chi connectivity index (χ0) is 14.4. The zero-order valence-corrected chi connectivity index (χ0v) is 12.7. The van der Waals surface area contributed by atoms with Crippen molar-refractivity contribution in [2.75, 3.05) is 6.54 Å². The maximum Gasteiger partial charge on any atom is 0.0611 e. The van der Waals surface area contributed by atoms with Gasteiger partial charge in [-0.15, -0.1) is 0 Å². The van der Waals surface area contributed by atoms with E-state index in [1.807, 2.05) is 6.07 Å². The molecule has 2 heteroatoms. The molecule has 3 unspecified atom stereocenters. The van der Waals surface area contributed by atoms with E-state index in [4.69, 9.17) is 5.73 Å². The molecule has 0 aliphatic heterocycles. The van der Waals surface area contributed by atoms with Crippen molar-refractivity contribution in [3.8, 4) is 0 Å². The normalized spacial score (nSPS) is 28.2. The molecule has 1 saturated carbocycles. The second-order valence-corrected chi connectivity index (χ2v) is 6.48. The molecule has 0 radical (unpaired) electrons. The Kier molecular flexibility index (Phi) is 5.62. The van der Waals surface area contributed by atoms with Gasteiger partial charge in [-0.05, 0) is 37.2 Å². The van der Waals surface area contributed by atoms with Crippen LogP contribution in [0.1, 0.15) is 51.0 Å². The Bertz CT molecular complexity index is 392. The summed E-state index contributed by atoms with van der Waals surface area (Å²) in [4.78, 5) is 0. The van der Waals surface area contributed by atoms with E-state index in [-0.39, 0.29) is 11.5 Å². The van der Waals surface area contributed by atoms with Crippen molar-refractivity contribution in [1.29, 1.82) is 0 Å². The standard InChI is InChI=1S/C18H29NO/c1-2-15-9-6-12-18(13-15,14-19)17(20)11-10-16-7-4-3-5-8-16/h3-5,7-8,15,17,20H,2,6,9-14,19H2,1H3. The molecule has 1 aromatic carbocycles. The van der Waals surface area contributed by atoms with Crippen LogP contribution in [0.15, 0.2) is 30.3 Å². The molecule has 0 amide bonds. The Morgan fingerprint density at radius 2 is 2.10 bits per heavy atom. The second kappa shape index (κ2) is 7.24. The molecular weight excluding hydrogens is 246 g/mol. The third-order valence-electron chi connectivity index (χ3n) is 5.22. The Balaban J connectivity index is 1.96. The van der Waals surface area contributed by atoms with Crippen LogP contribution in [0.5, 0.6) is 0 Å². The van der Waals surface area contributed by atoms with Crippen molar-refractivity contribution in [2.45, 2.75) is 58.0 Å². The molecule has 2 nitrogen and oxygen atoms in total. The monoisotopic (exact) mass is 275 g/mol. The molecule has 1 aromatic rings. The largest absolute Gasteiger partial charge is 0.392 e. The van der Waals surface area contributed by atoms with Crippen molar-refractivity contribution in [3.05, 3.63) is 35.9 Å². The summed E-state index contributed by atoms with van der Waals surface area (Å²) in [6.45, 7) is 2.88. The first-order valence-corrected chi connectivity index (χ1v) is 8.12. The summed E-state index contributed by atoms with van der Waals surface area (Å²) in [5.41, 5.74) is 7.34. The summed E-state index contributed by atoms with van der Waals surface area (Å²) >= 11 is 0. The summed E-state index contributed by atoms with van der Waals surface area (Å²) in [6, 6.07) is 10.4. The van der Waals surface area contributed by atoms with Crippen LogP contribution in [0.25, 0.3) is 0 Å². The lowest BCUT2D eigenvalue weighted by Crippen LogP contribution is -2.45. The van der Waals surface area contributed by atoms with E-state index < -0.39 is 0 Å². The van der Waals surface area contributed by atoms with E-state index in [0.717, 1.165) is 31.6 Å². The lowest BCUT2D eigenvalue weighted by molar-refractivity contribution is -0.0186. The Labute approximate surface area is 123 Å². The quantitative estimate of drug-likeness (QED) is 0.834. The number of hydrogen-bond acceptors (Lipinski definition) is 2. The van der Waals surface area contributed by atoms with Crippen molar-refractivity contribution < 1.29 is 5.11 Å². The van der Waals surface area contributed by atoms with Gasteiger partial charge in [0.15, 0.2) is 0 Å². The highest BCUT2D eigenvalue weighted by atomic mass is 16.3. The van der Waals surface area contributed by atoms with Crippen molar-refractivity contribution in [2.24, 2.45) is 17.1 Å². The number of aliphatic hydroxyl groups excluding tert-OH is 1. The fraction of sp³-hybridized carbons (Fsp3) is 0.667. The van der Waals surface area contributed by atoms with Gasteiger partial charge in [-0.25, -0.2) is 0 Å². The van der Waals surface area contributed by atoms with E-state index in [9.17, 15) is 5.11 Å². The summed E-state index contributed by atoms with van der Waals surface area (Å²) in [5, 5.41) is 10.7. The molecule has 0 aromatic heterocycles. The van der Waals surface area contributed by atoms with Gasteiger partial charge >= 0.3 is 0 Å². The van der Waals surface area contributed by atoms with Crippen molar-refractivity contribution in [1.82, 2.24) is 0 Å². The minimum atomic E-state index is -0.262. The van der Waals surface area contributed by atoms with E-state index in [1.165, 1.54) is 24.8 Å². The van der Waals surface area contributed by atoms with E-state index in [2.05, 4.69) is 31.2 Å². The molecule has 1 aliphatic carbocycles. The molecule has 1 fully saturated rings. The van der Waals surface area contributed by atoms with E-state index in [0.29, 0.717) is 6.54 Å². The molecule has 3 atom stereocenters. The fourth-order valence-corrected chi connectivity index (χ4v) is 3.75. The third-order valence-corrected chi connectivity index (χ3v) is 5.22. The number of aliphatic hydroxyl groups is 1. The average molecular weight is 275 g/mol. The first-order chi connectivity index (χ1) is 9.70. The van der Waals surface area contributed by atoms with Crippen LogP contribution < -0.4 is 5.73 Å². The highest BCUT2D eigenvalue weighted by Gasteiger charge is 2.40. The van der Waals surface area contributed by atoms with Gasteiger partial charge in [0, 0.05) is 12.0 Å². The van der Waals surface area contributed by atoms with Gasteiger partial charge in [0.1, 0.15) is 0 Å². The van der Waals surface area contributed by atoms with Gasteiger partial charge < -0.3 is 10.8 Å². The number of hydrogen-bond donors (Lipinski definition) is 2. The maximum absolute atomic E-state index is 10.7. The van der Waals surface area contributed by atoms with Gasteiger partial charge in [-0.3, -0.25) is 0 Å². The van der Waals surface area contributed by atoms with Crippen LogP contribution in [-0.2, 0) is 6.42 Å². The second-order valence-electron chi connectivity index (χ2n) is 6.48. The lowest BCUT2D eigenvalue weighted by atomic mass is 9.65. The maximum atomic E-state index is 10.7. The predicted octanol–water partition coefficient (Wildman–Crippen LogP) is 3.53. The summed E-state index contributed by atoms with van der Waals surface area (Å²) in [6.07, 6.45) is 7.46. The smallest absolute Gasteiger partial charge is 0.0611 e. The SMILES string of the molecule is CCC1CCCC(CN)(C(O)CCc2ccccc2)C1. The van der Waals surface area contributed by atoms with Gasteiger partial charge in [0.05, 0.1) is 6.10 Å². The molecule has 112 valence electrons. The van der Waals surface area contributed by atoms with Crippen LogP contribution in [0.4, 0.5) is 0 Å². The number of benzene rings is 1. The van der Waals surface area contributed by atoms with Gasteiger partial charge in [-0.1, -0.05) is 56.5 Å². The highest BCUT2D eigenvalue weighted by Crippen LogP contribution is 2.43. The van der Waals surface area contributed by atoms with E-state index in [1.54, 1.807) is 0 Å². The predicted molar refractivity (Wildman–Crippen MR) is 84.5 cm³/mol. The zero-order valence-electron chi connectivity index (χ0n) is 12.7. The van der Waals surface area contributed by atoms with Gasteiger partial charge in [0.2, 0.25) is 0 Å². The molecule has 3 N–H and O–H groups in total. The first-order valence-electron chi connectivity index (χ1n) is 8.12. The van der Waals surface area contributed by atoms with Crippen LogP contribution in [-0.4, -0.2) is 17.8 Å². The van der Waals surface area contributed by atoms with Crippen molar-refractivity contribution in [3.63, 3.8) is 0 Å². The molecule has 1 aliphatic rings. The lowest BCUT2D eigenvalue weighted by Gasteiger charge is -2.43.